The van der Waals surface area contributed by atoms with Gasteiger partial charge >= 0.3 is 5.97 Å². The molecule has 1 unspecified atom stereocenters. The number of H-pyrrole nitrogens is 1. The molecule has 1 aromatic heterocycles. The second kappa shape index (κ2) is 7.20. The molecule has 1 aliphatic rings. The van der Waals surface area contributed by atoms with Gasteiger partial charge in [0.2, 0.25) is 0 Å². The molecule has 0 spiro atoms. The fourth-order valence-corrected chi connectivity index (χ4v) is 4.07. The minimum atomic E-state index is -1.18. The maximum Gasteiger partial charge on any atom is 0.305 e. The van der Waals surface area contributed by atoms with Crippen molar-refractivity contribution < 1.29 is 14.3 Å². The molecule has 25 heavy (non-hydrogen) atoms. The number of hydrogen-bond acceptors (Lipinski definition) is 3. The van der Waals surface area contributed by atoms with Gasteiger partial charge < -0.3 is 14.5 Å². The first-order chi connectivity index (χ1) is 11.9. The minimum Gasteiger partial charge on any atom is -0.427 e. The van der Waals surface area contributed by atoms with Gasteiger partial charge in [0.05, 0.1) is 32.9 Å². The van der Waals surface area contributed by atoms with E-state index in [0.29, 0.717) is 52.1 Å². The normalized spacial score (nSPS) is 20.2. The molecule has 4 nitrogen and oxygen atoms in total. The number of hydrogen-bond donors (Lipinski definition) is 1. The maximum absolute atomic E-state index is 11.8. The number of rotatable bonds is 4. The first kappa shape index (κ1) is 18.6. The summed E-state index contributed by atoms with van der Waals surface area (Å²) in [6, 6.07) is 1.60. The van der Waals surface area contributed by atoms with E-state index in [9.17, 15) is 4.79 Å². The molecule has 0 aliphatic carbocycles. The summed E-state index contributed by atoms with van der Waals surface area (Å²) in [5.41, 5.74) is 2.28. The van der Waals surface area contributed by atoms with Gasteiger partial charge in [-0.2, -0.15) is 0 Å². The van der Waals surface area contributed by atoms with E-state index in [4.69, 9.17) is 44.3 Å². The average molecular weight is 403 g/mol. The zero-order chi connectivity index (χ0) is 18.2. The Balaban J connectivity index is 2.22. The summed E-state index contributed by atoms with van der Waals surface area (Å²) in [5, 5.41) is 2.05. The van der Waals surface area contributed by atoms with Crippen molar-refractivity contribution in [3.8, 4) is 0 Å². The maximum atomic E-state index is 11.8. The van der Waals surface area contributed by atoms with E-state index in [-0.39, 0.29) is 0 Å². The lowest BCUT2D eigenvalue weighted by Crippen LogP contribution is -2.39. The number of nitrogens with one attached hydrogen (secondary N) is 1. The first-order valence-corrected chi connectivity index (χ1v) is 9.16. The van der Waals surface area contributed by atoms with E-state index in [1.165, 1.54) is 6.92 Å². The highest BCUT2D eigenvalue weighted by atomic mass is 35.5. The molecule has 1 aromatic carbocycles. The van der Waals surface area contributed by atoms with Crippen LogP contribution in [0, 0.1) is 0 Å². The van der Waals surface area contributed by atoms with E-state index in [1.807, 2.05) is 19.1 Å². The number of carbonyl (C=O) groups excluding carboxylic acids is 1. The second-order valence-corrected chi connectivity index (χ2v) is 7.13. The Labute approximate surface area is 161 Å². The molecule has 1 aliphatic heterocycles. The molecule has 0 amide bonds. The Hall–Kier alpha value is -1.20. The summed E-state index contributed by atoms with van der Waals surface area (Å²) >= 11 is 19.0. The number of benzene rings is 1. The minimum absolute atomic E-state index is 0.388. The van der Waals surface area contributed by atoms with Gasteiger partial charge in [-0.3, -0.25) is 4.79 Å². The predicted molar refractivity (Wildman–Crippen MR) is 100 cm³/mol. The van der Waals surface area contributed by atoms with Crippen molar-refractivity contribution in [2.24, 2.45) is 0 Å². The Kier molecular flexibility index (Phi) is 5.35. The lowest BCUT2D eigenvalue weighted by molar-refractivity contribution is -0.247. The van der Waals surface area contributed by atoms with E-state index < -0.39 is 11.8 Å². The molecule has 1 atom stereocenters. The number of allylic oxidation sites excluding steroid dienone is 2. The molecule has 2 heterocycles. The molecule has 3 rings (SSSR count). The highest BCUT2D eigenvalue weighted by molar-refractivity contribution is 6.48. The van der Waals surface area contributed by atoms with Crippen LogP contribution < -0.4 is 0 Å². The van der Waals surface area contributed by atoms with E-state index in [2.05, 4.69) is 4.98 Å². The van der Waals surface area contributed by atoms with Crippen LogP contribution in [-0.2, 0) is 26.5 Å². The lowest BCUT2D eigenvalue weighted by atomic mass is 9.96. The molecular weight excluding hydrogens is 385 g/mol. The zero-order valence-electron chi connectivity index (χ0n) is 13.9. The van der Waals surface area contributed by atoms with Crippen LogP contribution in [0.25, 0.3) is 10.9 Å². The third-order valence-electron chi connectivity index (χ3n) is 4.28. The summed E-state index contributed by atoms with van der Waals surface area (Å²) in [5.74, 6) is -1.60. The van der Waals surface area contributed by atoms with E-state index in [1.54, 1.807) is 6.07 Å². The van der Waals surface area contributed by atoms with Crippen molar-refractivity contribution in [2.75, 3.05) is 6.61 Å². The molecule has 2 aromatic rings. The Morgan fingerprint density at radius 2 is 2.16 bits per heavy atom. The van der Waals surface area contributed by atoms with Gasteiger partial charge in [0, 0.05) is 18.7 Å². The van der Waals surface area contributed by atoms with Crippen molar-refractivity contribution in [1.29, 1.82) is 0 Å². The van der Waals surface area contributed by atoms with Crippen molar-refractivity contribution in [3.05, 3.63) is 44.5 Å². The molecule has 0 fully saturated rings. The predicted octanol–water partition coefficient (Wildman–Crippen LogP) is 5.77. The fraction of sp³-hybridized carbons (Fsp3) is 0.389. The number of aromatic amines is 1. The fourth-order valence-electron chi connectivity index (χ4n) is 3.29. The first-order valence-electron chi connectivity index (χ1n) is 8.03. The van der Waals surface area contributed by atoms with Crippen molar-refractivity contribution >= 4 is 51.7 Å². The van der Waals surface area contributed by atoms with Crippen LogP contribution in [-0.4, -0.2) is 17.6 Å². The number of esters is 1. The third-order valence-corrected chi connectivity index (χ3v) is 5.36. The SMILES string of the molecule is CC=CCCC1(OC(C)=O)OCCc2c1[nH]c1c(Cl)cc(Cl)c(Cl)c21. The summed E-state index contributed by atoms with van der Waals surface area (Å²) in [6.07, 6.45) is 5.76. The topological polar surface area (TPSA) is 51.3 Å². The van der Waals surface area contributed by atoms with Crippen molar-refractivity contribution in [3.63, 3.8) is 0 Å². The molecular formula is C18H18Cl3NO3. The second-order valence-electron chi connectivity index (χ2n) is 5.94. The summed E-state index contributed by atoms with van der Waals surface area (Å²) in [4.78, 5) is 15.0. The highest BCUT2D eigenvalue weighted by Crippen LogP contribution is 2.46. The van der Waals surface area contributed by atoms with E-state index in [0.717, 1.165) is 10.9 Å². The molecule has 1 N–H and O–H groups in total. The van der Waals surface area contributed by atoms with Crippen LogP contribution >= 0.6 is 34.8 Å². The molecule has 0 bridgehead atoms. The van der Waals surface area contributed by atoms with Crippen LogP contribution in [0.15, 0.2) is 18.2 Å². The standard InChI is InChI=1S/C18H18Cl3NO3/c1-3-4-5-7-18(25-10(2)23)17-11(6-8-24-18)14-15(21)12(19)9-13(20)16(14)22-17/h3-4,9,22H,5-8H2,1-2H3. The number of fused-ring (bicyclic) bond motifs is 3. The van der Waals surface area contributed by atoms with Gasteiger partial charge in [-0.25, -0.2) is 0 Å². The molecule has 0 radical (unpaired) electrons. The molecule has 0 saturated carbocycles. The number of halogens is 3. The van der Waals surface area contributed by atoms with Crippen LogP contribution in [0.3, 0.4) is 0 Å². The quantitative estimate of drug-likeness (QED) is 0.401. The number of aromatic nitrogens is 1. The monoisotopic (exact) mass is 401 g/mol. The van der Waals surface area contributed by atoms with Crippen LogP contribution in [0.2, 0.25) is 15.1 Å². The smallest absolute Gasteiger partial charge is 0.305 e. The van der Waals surface area contributed by atoms with Gasteiger partial charge in [0.1, 0.15) is 0 Å². The van der Waals surface area contributed by atoms with Crippen molar-refractivity contribution in [1.82, 2.24) is 4.98 Å². The Morgan fingerprint density at radius 1 is 1.40 bits per heavy atom. The van der Waals surface area contributed by atoms with Gasteiger partial charge in [-0.15, -0.1) is 0 Å². The molecule has 134 valence electrons. The van der Waals surface area contributed by atoms with Crippen LogP contribution in [0.1, 0.15) is 37.9 Å². The van der Waals surface area contributed by atoms with Crippen molar-refractivity contribution in [2.45, 2.75) is 38.9 Å². The Bertz CT molecular complexity index is 859. The van der Waals surface area contributed by atoms with Crippen LogP contribution in [0.5, 0.6) is 0 Å². The van der Waals surface area contributed by atoms with Gasteiger partial charge in [-0.1, -0.05) is 47.0 Å². The van der Waals surface area contributed by atoms with Gasteiger partial charge in [0.15, 0.2) is 0 Å². The number of ether oxygens (including phenoxy) is 2. The zero-order valence-corrected chi connectivity index (χ0v) is 16.2. The Morgan fingerprint density at radius 3 is 2.84 bits per heavy atom. The van der Waals surface area contributed by atoms with Gasteiger partial charge in [-0.05, 0) is 31.4 Å². The van der Waals surface area contributed by atoms with Crippen LogP contribution in [0.4, 0.5) is 0 Å². The van der Waals surface area contributed by atoms with E-state index >= 15 is 0 Å². The summed E-state index contributed by atoms with van der Waals surface area (Å²) in [7, 11) is 0. The highest BCUT2D eigenvalue weighted by Gasteiger charge is 2.43. The third kappa shape index (κ3) is 3.28. The summed E-state index contributed by atoms with van der Waals surface area (Å²) in [6.45, 7) is 3.72. The largest absolute Gasteiger partial charge is 0.427 e. The molecule has 7 heteroatoms. The number of carbonyl (C=O) groups is 1. The van der Waals surface area contributed by atoms with Gasteiger partial charge in [0.25, 0.3) is 5.79 Å². The average Bonchev–Trinajstić information content (AvgIpc) is 2.94. The molecule has 0 saturated heterocycles. The summed E-state index contributed by atoms with van der Waals surface area (Å²) < 4.78 is 11.6. The lowest BCUT2D eigenvalue weighted by Gasteiger charge is -2.36.